The van der Waals surface area contributed by atoms with Crippen LogP contribution in [-0.4, -0.2) is 72.9 Å². The molecular weight excluding hydrogens is 535 g/mol. The largest absolute Gasteiger partial charge is 0.395 e. The number of hydrogen-bond acceptors (Lipinski definition) is 11. The molecule has 3 rings (SSSR count). The molecule has 0 radical (unpaired) electrons. The van der Waals surface area contributed by atoms with Crippen molar-refractivity contribution in [3.05, 3.63) is 58.6 Å². The minimum absolute atomic E-state index is 0.0114. The molecule has 0 spiro atoms. The Kier molecular flexibility index (Phi) is 9.93. The van der Waals surface area contributed by atoms with E-state index >= 15 is 0 Å². The summed E-state index contributed by atoms with van der Waals surface area (Å²) in [5.74, 6) is 0.169. The fourth-order valence-electron chi connectivity index (χ4n) is 3.78. The van der Waals surface area contributed by atoms with Gasteiger partial charge in [-0.2, -0.15) is 4.98 Å². The molecule has 210 valence electrons. The maximum Gasteiger partial charge on any atom is 0.351 e. The number of ether oxygens (including phenoxy) is 1. The molecule has 1 saturated heterocycles. The Morgan fingerprint density at radius 2 is 2.03 bits per heavy atom. The summed E-state index contributed by atoms with van der Waals surface area (Å²) in [6.07, 6.45) is -3.04. The molecule has 1 aromatic carbocycles. The predicted molar refractivity (Wildman–Crippen MR) is 143 cm³/mol. The number of carbonyl (C=O) groups is 1. The van der Waals surface area contributed by atoms with Crippen LogP contribution in [0.4, 0.5) is 5.82 Å². The van der Waals surface area contributed by atoms with Crippen LogP contribution in [0.2, 0.25) is 0 Å². The van der Waals surface area contributed by atoms with Crippen molar-refractivity contribution in [3.63, 3.8) is 0 Å². The van der Waals surface area contributed by atoms with E-state index < -0.39 is 42.7 Å². The molecule has 0 bridgehead atoms. The Morgan fingerprint density at radius 3 is 2.66 bits per heavy atom. The smallest absolute Gasteiger partial charge is 0.351 e. The third-order valence-electron chi connectivity index (χ3n) is 6.21. The number of anilines is 1. The number of rotatable bonds is 12. The third kappa shape index (κ3) is 7.30. The highest BCUT2D eigenvalue weighted by molar-refractivity contribution is 8.13. The first kappa shape index (κ1) is 30.5. The third-order valence-corrected chi connectivity index (χ3v) is 9.48. The molecule has 1 unspecified atom stereocenters. The first-order chi connectivity index (χ1) is 17.8. The van der Waals surface area contributed by atoms with Gasteiger partial charge in [0.05, 0.1) is 30.9 Å². The molecule has 12 nitrogen and oxygen atoms in total. The highest BCUT2D eigenvalue weighted by Gasteiger charge is 2.55. The Bertz CT molecular complexity index is 1210. The molecule has 2 heterocycles. The monoisotopic (exact) mass is 570 g/mol. The highest BCUT2D eigenvalue weighted by atomic mass is 32.2. The fourth-order valence-corrected chi connectivity index (χ4v) is 6.61. The zero-order valence-electron chi connectivity index (χ0n) is 21.5. The minimum atomic E-state index is -3.72. The van der Waals surface area contributed by atoms with Crippen LogP contribution in [0.15, 0.2) is 47.4 Å². The molecule has 2 aromatic rings. The number of aliphatic hydroxyl groups is 3. The quantitative estimate of drug-likeness (QED) is 0.181. The average molecular weight is 571 g/mol. The summed E-state index contributed by atoms with van der Waals surface area (Å²) in [6.45, 7) is 4.37. The molecular formula is C24H35N4O8PS. The van der Waals surface area contributed by atoms with Crippen molar-refractivity contribution in [3.8, 4) is 0 Å². The van der Waals surface area contributed by atoms with Crippen LogP contribution in [0.5, 0.6) is 0 Å². The molecule has 1 aliphatic rings. The molecule has 1 aliphatic heterocycles. The van der Waals surface area contributed by atoms with Crippen LogP contribution in [0.3, 0.4) is 0 Å². The second kappa shape index (κ2) is 12.4. The lowest BCUT2D eigenvalue weighted by Crippen LogP contribution is -2.46. The van der Waals surface area contributed by atoms with Gasteiger partial charge >= 0.3 is 5.69 Å². The number of hydrogen-bond donors (Lipinski definition) is 5. The average Bonchev–Trinajstić information content (AvgIpc) is 3.09. The van der Waals surface area contributed by atoms with Gasteiger partial charge in [0.15, 0.2) is 11.3 Å². The van der Waals surface area contributed by atoms with Gasteiger partial charge in [-0.3, -0.25) is 13.9 Å². The van der Waals surface area contributed by atoms with Gasteiger partial charge in [0, 0.05) is 18.5 Å². The number of benzene rings is 1. The zero-order chi connectivity index (χ0) is 28.1. The van der Waals surface area contributed by atoms with Gasteiger partial charge in [0.1, 0.15) is 17.5 Å². The number of carbonyl (C=O) groups excluding carboxylic acids is 1. The van der Waals surface area contributed by atoms with Crippen LogP contribution < -0.4 is 16.5 Å². The molecule has 0 aliphatic carbocycles. The number of aromatic nitrogens is 2. The van der Waals surface area contributed by atoms with Crippen molar-refractivity contribution in [1.82, 2.24) is 14.6 Å². The van der Waals surface area contributed by atoms with E-state index in [0.717, 1.165) is 21.9 Å². The summed E-state index contributed by atoms with van der Waals surface area (Å²) in [5.41, 5.74) is 2.76. The van der Waals surface area contributed by atoms with Gasteiger partial charge < -0.3 is 30.3 Å². The van der Waals surface area contributed by atoms with Gasteiger partial charge in [-0.15, -0.1) is 0 Å². The highest BCUT2D eigenvalue weighted by Crippen LogP contribution is 2.48. The molecule has 14 heteroatoms. The second-order valence-corrected chi connectivity index (χ2v) is 13.3. The molecule has 1 aromatic heterocycles. The SMILES string of the molecule is CC(C)(CO)C(=O)SCCOP(=O)(C[C@H]1O[C@@H](n2ccc(N)nc2=O)[C@](C)(O)[C@@H]1O)NCc1ccccc1. The molecule has 38 heavy (non-hydrogen) atoms. The first-order valence-electron chi connectivity index (χ1n) is 12.0. The summed E-state index contributed by atoms with van der Waals surface area (Å²) >= 11 is 0.958. The van der Waals surface area contributed by atoms with E-state index in [2.05, 4.69) is 10.1 Å². The Hall–Kier alpha value is -2.09. The zero-order valence-corrected chi connectivity index (χ0v) is 23.2. The Morgan fingerprint density at radius 1 is 1.34 bits per heavy atom. The van der Waals surface area contributed by atoms with Crippen molar-refractivity contribution >= 4 is 30.2 Å². The molecule has 6 N–H and O–H groups in total. The van der Waals surface area contributed by atoms with Crippen LogP contribution in [-0.2, 0) is 25.2 Å². The number of nitrogens with zero attached hydrogens (tertiary/aromatic N) is 2. The van der Waals surface area contributed by atoms with Crippen LogP contribution in [0.1, 0.15) is 32.6 Å². The van der Waals surface area contributed by atoms with E-state index in [1.807, 2.05) is 30.3 Å². The lowest BCUT2D eigenvalue weighted by Gasteiger charge is -2.27. The molecule has 5 atom stereocenters. The lowest BCUT2D eigenvalue weighted by atomic mass is 9.97. The van der Waals surface area contributed by atoms with Crippen molar-refractivity contribution in [2.24, 2.45) is 5.41 Å². The van der Waals surface area contributed by atoms with Crippen molar-refractivity contribution < 1.29 is 33.9 Å². The van der Waals surface area contributed by atoms with Crippen LogP contribution in [0, 0.1) is 5.41 Å². The standard InChI is InChI=1S/C24H35N4O8PS/c1-23(2,15-29)21(31)38-12-11-35-37(34,26-13-16-7-5-4-6-8-16)14-17-19(30)24(3,33)20(36-17)28-10-9-18(25)27-22(28)32/h4-10,17,19-20,29-30,33H,11-15H2,1-3H3,(H,26,34)(H2,25,27,32)/t17-,19-,20-,24-,37?/m1/s1. The van der Waals surface area contributed by atoms with Crippen molar-refractivity contribution in [2.75, 3.05) is 30.9 Å². The van der Waals surface area contributed by atoms with Crippen LogP contribution in [0.25, 0.3) is 0 Å². The second-order valence-electron chi connectivity index (χ2n) is 9.93. The van der Waals surface area contributed by atoms with Gasteiger partial charge in [-0.25, -0.2) is 9.88 Å². The van der Waals surface area contributed by atoms with E-state index in [9.17, 15) is 29.5 Å². The summed E-state index contributed by atoms with van der Waals surface area (Å²) in [4.78, 5) is 28.3. The van der Waals surface area contributed by atoms with Crippen LogP contribution >= 0.6 is 19.3 Å². The lowest BCUT2D eigenvalue weighted by molar-refractivity contribution is -0.119. The van der Waals surface area contributed by atoms with Gasteiger partial charge in [0.25, 0.3) is 7.52 Å². The number of nitrogen functional groups attached to an aromatic ring is 1. The predicted octanol–water partition coefficient (Wildman–Crippen LogP) is 1.11. The summed E-state index contributed by atoms with van der Waals surface area (Å²) in [6, 6.07) is 10.5. The van der Waals surface area contributed by atoms with Crippen molar-refractivity contribution in [1.29, 1.82) is 0 Å². The normalized spacial score (nSPS) is 25.3. The number of thioether (sulfide) groups is 1. The number of nitrogens with two attached hydrogens (primary N) is 1. The summed E-state index contributed by atoms with van der Waals surface area (Å²) < 4.78 is 26.5. The number of nitrogens with one attached hydrogen (secondary N) is 1. The maximum absolute atomic E-state index is 13.9. The van der Waals surface area contributed by atoms with E-state index in [1.54, 1.807) is 13.8 Å². The van der Waals surface area contributed by atoms with E-state index in [1.165, 1.54) is 19.2 Å². The Labute approximate surface area is 225 Å². The number of aliphatic hydroxyl groups excluding tert-OH is 2. The van der Waals surface area contributed by atoms with Crippen molar-refractivity contribution in [2.45, 2.75) is 51.4 Å². The van der Waals surface area contributed by atoms with Gasteiger partial charge in [0.2, 0.25) is 0 Å². The van der Waals surface area contributed by atoms with E-state index in [0.29, 0.717) is 0 Å². The Balaban J connectivity index is 1.75. The van der Waals surface area contributed by atoms with Gasteiger partial charge in [-0.1, -0.05) is 42.1 Å². The molecule has 0 amide bonds. The topological polar surface area (TPSA) is 186 Å². The van der Waals surface area contributed by atoms with Gasteiger partial charge in [-0.05, 0) is 32.4 Å². The summed E-state index contributed by atoms with van der Waals surface area (Å²) in [5, 5.41) is 34.0. The molecule has 1 fully saturated rings. The summed E-state index contributed by atoms with van der Waals surface area (Å²) in [7, 11) is -3.72. The maximum atomic E-state index is 13.9. The fraction of sp³-hybridized carbons (Fsp3) is 0.542. The first-order valence-corrected chi connectivity index (χ1v) is 14.8. The molecule has 0 saturated carbocycles. The minimum Gasteiger partial charge on any atom is -0.395 e. The van der Waals surface area contributed by atoms with E-state index in [4.69, 9.17) is 15.0 Å². The van der Waals surface area contributed by atoms with E-state index in [-0.39, 0.29) is 42.6 Å².